The Labute approximate surface area is 92.6 Å². The van der Waals surface area contributed by atoms with Gasteiger partial charge in [0.25, 0.3) is 0 Å². The van der Waals surface area contributed by atoms with E-state index in [0.717, 1.165) is 16.7 Å². The fourth-order valence-electron chi connectivity index (χ4n) is 1.52. The fraction of sp³-hybridized carbons (Fsp3) is 0.0833. The van der Waals surface area contributed by atoms with Crippen LogP contribution in [0.5, 0.6) is 0 Å². The Morgan fingerprint density at radius 2 is 2.00 bits per heavy atom. The van der Waals surface area contributed by atoms with Crippen LogP contribution in [0.4, 0.5) is 0 Å². The molecule has 0 aliphatic heterocycles. The zero-order valence-corrected chi connectivity index (χ0v) is 8.50. The van der Waals surface area contributed by atoms with Gasteiger partial charge in [-0.1, -0.05) is 6.07 Å². The molecule has 0 aromatic carbocycles. The second kappa shape index (κ2) is 4.53. The summed E-state index contributed by atoms with van der Waals surface area (Å²) in [5.41, 5.74) is 2.44. The van der Waals surface area contributed by atoms with Crippen LogP contribution >= 0.6 is 0 Å². The van der Waals surface area contributed by atoms with E-state index < -0.39 is 5.97 Å². The third-order valence-electron chi connectivity index (χ3n) is 2.23. The Hall–Kier alpha value is -2.23. The third kappa shape index (κ3) is 2.23. The molecule has 0 atom stereocenters. The molecule has 80 valence electrons. The van der Waals surface area contributed by atoms with E-state index in [1.54, 1.807) is 30.9 Å². The van der Waals surface area contributed by atoms with E-state index in [0.29, 0.717) is 0 Å². The molecule has 2 aromatic heterocycles. The first-order valence-electron chi connectivity index (χ1n) is 4.82. The summed E-state index contributed by atoms with van der Waals surface area (Å²) in [6.45, 7) is 0. The van der Waals surface area contributed by atoms with Crippen LogP contribution in [0.3, 0.4) is 0 Å². The molecular formula is C12H10N2O2. The predicted molar refractivity (Wildman–Crippen MR) is 58.8 cm³/mol. The van der Waals surface area contributed by atoms with Gasteiger partial charge in [0.1, 0.15) is 0 Å². The quantitative estimate of drug-likeness (QED) is 0.845. The van der Waals surface area contributed by atoms with Crippen molar-refractivity contribution in [3.63, 3.8) is 0 Å². The summed E-state index contributed by atoms with van der Waals surface area (Å²) in [5, 5.41) is 8.80. The molecule has 0 bridgehead atoms. The molecule has 2 aromatic rings. The Kier molecular flexibility index (Phi) is 2.91. The van der Waals surface area contributed by atoms with Crippen LogP contribution in [0.2, 0.25) is 0 Å². The maximum absolute atomic E-state index is 10.7. The van der Waals surface area contributed by atoms with Gasteiger partial charge in [0.15, 0.2) is 0 Å². The maximum atomic E-state index is 10.7. The van der Waals surface area contributed by atoms with Gasteiger partial charge >= 0.3 is 5.97 Å². The molecule has 2 rings (SSSR count). The summed E-state index contributed by atoms with van der Waals surface area (Å²) < 4.78 is 0. The number of carbonyl (C=O) groups is 1. The highest BCUT2D eigenvalue weighted by Crippen LogP contribution is 2.21. The van der Waals surface area contributed by atoms with E-state index in [1.165, 1.54) is 0 Å². The predicted octanol–water partition coefficient (Wildman–Crippen LogP) is 1.77. The molecule has 0 saturated carbocycles. The molecule has 1 N–H and O–H groups in total. The Bertz CT molecular complexity index is 497. The minimum absolute atomic E-state index is 0.00719. The van der Waals surface area contributed by atoms with Gasteiger partial charge in [-0.3, -0.25) is 14.8 Å². The molecule has 0 amide bonds. The Morgan fingerprint density at radius 3 is 2.69 bits per heavy atom. The van der Waals surface area contributed by atoms with Gasteiger partial charge < -0.3 is 5.11 Å². The molecule has 16 heavy (non-hydrogen) atoms. The number of hydrogen-bond donors (Lipinski definition) is 1. The van der Waals surface area contributed by atoms with Crippen LogP contribution < -0.4 is 0 Å². The zero-order chi connectivity index (χ0) is 11.4. The van der Waals surface area contributed by atoms with Crippen molar-refractivity contribution in [1.82, 2.24) is 9.97 Å². The average molecular weight is 214 g/mol. The number of hydrogen-bond acceptors (Lipinski definition) is 3. The van der Waals surface area contributed by atoms with Crippen molar-refractivity contribution in [2.45, 2.75) is 6.42 Å². The number of rotatable bonds is 3. The first kappa shape index (κ1) is 10.3. The van der Waals surface area contributed by atoms with Gasteiger partial charge in [-0.2, -0.15) is 0 Å². The van der Waals surface area contributed by atoms with Crippen LogP contribution in [0, 0.1) is 0 Å². The van der Waals surface area contributed by atoms with E-state index in [4.69, 9.17) is 5.11 Å². The number of nitrogens with zero attached hydrogens (tertiary/aromatic N) is 2. The van der Waals surface area contributed by atoms with E-state index in [-0.39, 0.29) is 6.42 Å². The van der Waals surface area contributed by atoms with Crippen molar-refractivity contribution in [1.29, 1.82) is 0 Å². The van der Waals surface area contributed by atoms with Gasteiger partial charge in [0.2, 0.25) is 0 Å². The molecule has 0 fully saturated rings. The summed E-state index contributed by atoms with van der Waals surface area (Å²) in [6, 6.07) is 5.42. The lowest BCUT2D eigenvalue weighted by Gasteiger charge is -2.06. The second-order valence-corrected chi connectivity index (χ2v) is 3.35. The number of pyridine rings is 2. The topological polar surface area (TPSA) is 63.1 Å². The van der Waals surface area contributed by atoms with Crippen molar-refractivity contribution in [3.8, 4) is 11.1 Å². The monoisotopic (exact) mass is 214 g/mol. The van der Waals surface area contributed by atoms with Crippen LogP contribution in [0.1, 0.15) is 5.56 Å². The summed E-state index contributed by atoms with van der Waals surface area (Å²) >= 11 is 0. The largest absolute Gasteiger partial charge is 0.481 e. The summed E-state index contributed by atoms with van der Waals surface area (Å²) in [5.74, 6) is -0.851. The van der Waals surface area contributed by atoms with E-state index in [2.05, 4.69) is 9.97 Å². The van der Waals surface area contributed by atoms with Crippen molar-refractivity contribution in [2.75, 3.05) is 0 Å². The highest BCUT2D eigenvalue weighted by molar-refractivity contribution is 5.75. The zero-order valence-electron chi connectivity index (χ0n) is 8.50. The molecule has 4 nitrogen and oxygen atoms in total. The average Bonchev–Trinajstić information content (AvgIpc) is 2.30. The minimum atomic E-state index is -0.851. The smallest absolute Gasteiger partial charge is 0.307 e. The number of carboxylic acid groups (broad SMARTS) is 1. The van der Waals surface area contributed by atoms with Crippen LogP contribution in [0.25, 0.3) is 11.1 Å². The van der Waals surface area contributed by atoms with Gasteiger partial charge in [0, 0.05) is 35.9 Å². The van der Waals surface area contributed by atoms with Crippen LogP contribution in [-0.2, 0) is 11.2 Å². The van der Waals surface area contributed by atoms with Crippen molar-refractivity contribution in [3.05, 3.63) is 48.5 Å². The Morgan fingerprint density at radius 1 is 1.19 bits per heavy atom. The Balaban J connectivity index is 2.44. The lowest BCUT2D eigenvalue weighted by molar-refractivity contribution is -0.136. The van der Waals surface area contributed by atoms with E-state index in [1.807, 2.05) is 12.1 Å². The van der Waals surface area contributed by atoms with E-state index in [9.17, 15) is 4.79 Å². The molecule has 0 aliphatic carbocycles. The van der Waals surface area contributed by atoms with Gasteiger partial charge in [-0.05, 0) is 17.7 Å². The number of carboxylic acids is 1. The molecule has 0 radical (unpaired) electrons. The lowest BCUT2D eigenvalue weighted by Crippen LogP contribution is -2.02. The molecular weight excluding hydrogens is 204 g/mol. The maximum Gasteiger partial charge on any atom is 0.307 e. The van der Waals surface area contributed by atoms with Gasteiger partial charge in [-0.25, -0.2) is 0 Å². The second-order valence-electron chi connectivity index (χ2n) is 3.35. The minimum Gasteiger partial charge on any atom is -0.481 e. The normalized spacial score (nSPS) is 10.0. The first-order valence-corrected chi connectivity index (χ1v) is 4.82. The molecule has 0 aliphatic rings. The van der Waals surface area contributed by atoms with Crippen LogP contribution in [0.15, 0.2) is 43.0 Å². The highest BCUT2D eigenvalue weighted by atomic mass is 16.4. The van der Waals surface area contributed by atoms with Crippen LogP contribution in [-0.4, -0.2) is 21.0 Å². The summed E-state index contributed by atoms with van der Waals surface area (Å²) in [6.07, 6.45) is 6.62. The fourth-order valence-corrected chi connectivity index (χ4v) is 1.52. The first-order chi connectivity index (χ1) is 7.77. The van der Waals surface area contributed by atoms with Crippen molar-refractivity contribution in [2.24, 2.45) is 0 Å². The standard InChI is InChI=1S/C12H10N2O2/c15-12(16)6-9-3-5-14-8-11(9)10-2-1-4-13-7-10/h1-5,7-8H,6H2,(H,15,16). The highest BCUT2D eigenvalue weighted by Gasteiger charge is 2.08. The summed E-state index contributed by atoms with van der Waals surface area (Å²) in [4.78, 5) is 18.7. The molecule has 0 spiro atoms. The molecule has 2 heterocycles. The lowest BCUT2D eigenvalue weighted by atomic mass is 10.0. The summed E-state index contributed by atoms with van der Waals surface area (Å²) in [7, 11) is 0. The van der Waals surface area contributed by atoms with E-state index >= 15 is 0 Å². The molecule has 0 unspecified atom stereocenters. The van der Waals surface area contributed by atoms with Gasteiger partial charge in [-0.15, -0.1) is 0 Å². The SMILES string of the molecule is O=C(O)Cc1ccncc1-c1cccnc1. The van der Waals surface area contributed by atoms with Crippen molar-refractivity contribution >= 4 is 5.97 Å². The number of aromatic nitrogens is 2. The number of aliphatic carboxylic acids is 1. The van der Waals surface area contributed by atoms with Crippen molar-refractivity contribution < 1.29 is 9.90 Å². The third-order valence-corrected chi connectivity index (χ3v) is 2.23. The van der Waals surface area contributed by atoms with Gasteiger partial charge in [0.05, 0.1) is 6.42 Å². The molecule has 0 saturated heterocycles. The molecule has 4 heteroatoms.